The fourth-order valence-electron chi connectivity index (χ4n) is 3.28. The third kappa shape index (κ3) is 3.45. The van der Waals surface area contributed by atoms with Crippen LogP contribution in [0, 0.1) is 17.8 Å². The number of amides is 1. The number of nitrogens with zero attached hydrogens (tertiary/aromatic N) is 1. The first-order valence-corrected chi connectivity index (χ1v) is 7.40. The van der Waals surface area contributed by atoms with Crippen molar-refractivity contribution in [2.75, 3.05) is 13.1 Å². The van der Waals surface area contributed by atoms with E-state index in [2.05, 4.69) is 6.92 Å². The second-order valence-corrected chi connectivity index (χ2v) is 6.32. The quantitative estimate of drug-likeness (QED) is 0.807. The predicted octanol–water partition coefficient (Wildman–Crippen LogP) is 2.55. The SMILES string of the molecule is CC1CCC(C(=O)N2CCCC(C(F)(F)F)C2)CC1N. The molecule has 1 saturated carbocycles. The first-order valence-electron chi connectivity index (χ1n) is 7.40. The Morgan fingerprint density at radius 3 is 2.55 bits per heavy atom. The number of likely N-dealkylation sites (tertiary alicyclic amines) is 1. The van der Waals surface area contributed by atoms with Crippen LogP contribution in [0.25, 0.3) is 0 Å². The summed E-state index contributed by atoms with van der Waals surface area (Å²) in [5, 5.41) is 0. The van der Waals surface area contributed by atoms with E-state index in [1.165, 1.54) is 4.90 Å². The lowest BCUT2D eigenvalue weighted by Gasteiger charge is -2.38. The fourth-order valence-corrected chi connectivity index (χ4v) is 3.28. The van der Waals surface area contributed by atoms with Crippen LogP contribution < -0.4 is 5.73 Å². The Hall–Kier alpha value is -0.780. The van der Waals surface area contributed by atoms with Crippen LogP contribution in [0.15, 0.2) is 0 Å². The van der Waals surface area contributed by atoms with E-state index < -0.39 is 12.1 Å². The number of rotatable bonds is 1. The van der Waals surface area contributed by atoms with Gasteiger partial charge in [0.1, 0.15) is 0 Å². The van der Waals surface area contributed by atoms with Crippen molar-refractivity contribution in [2.24, 2.45) is 23.5 Å². The van der Waals surface area contributed by atoms with E-state index in [4.69, 9.17) is 5.73 Å². The number of halogens is 3. The van der Waals surface area contributed by atoms with E-state index in [1.807, 2.05) is 0 Å². The van der Waals surface area contributed by atoms with Crippen molar-refractivity contribution >= 4 is 5.91 Å². The molecule has 0 radical (unpaired) electrons. The molecule has 0 spiro atoms. The average Bonchev–Trinajstić information content (AvgIpc) is 2.40. The molecule has 116 valence electrons. The van der Waals surface area contributed by atoms with Gasteiger partial charge in [0.25, 0.3) is 0 Å². The lowest BCUT2D eigenvalue weighted by Crippen LogP contribution is -2.49. The van der Waals surface area contributed by atoms with Gasteiger partial charge in [-0.3, -0.25) is 4.79 Å². The van der Waals surface area contributed by atoms with Crippen LogP contribution in [0.1, 0.15) is 39.0 Å². The van der Waals surface area contributed by atoms with Crippen LogP contribution in [0.4, 0.5) is 13.2 Å². The Balaban J connectivity index is 1.95. The van der Waals surface area contributed by atoms with Gasteiger partial charge in [-0.25, -0.2) is 0 Å². The molecule has 3 nitrogen and oxygen atoms in total. The van der Waals surface area contributed by atoms with E-state index in [9.17, 15) is 18.0 Å². The summed E-state index contributed by atoms with van der Waals surface area (Å²) in [5.74, 6) is -1.28. The summed E-state index contributed by atoms with van der Waals surface area (Å²) in [4.78, 5) is 13.8. The lowest BCUT2D eigenvalue weighted by atomic mass is 9.78. The van der Waals surface area contributed by atoms with E-state index in [-0.39, 0.29) is 30.8 Å². The predicted molar refractivity (Wildman–Crippen MR) is 69.8 cm³/mol. The summed E-state index contributed by atoms with van der Waals surface area (Å²) in [6.45, 7) is 2.34. The summed E-state index contributed by atoms with van der Waals surface area (Å²) in [7, 11) is 0. The zero-order valence-electron chi connectivity index (χ0n) is 11.8. The Morgan fingerprint density at radius 1 is 1.25 bits per heavy atom. The first-order chi connectivity index (χ1) is 9.29. The number of carbonyl (C=O) groups is 1. The molecule has 1 saturated heterocycles. The molecular weight excluding hydrogens is 269 g/mol. The van der Waals surface area contributed by atoms with Crippen molar-refractivity contribution in [3.8, 4) is 0 Å². The molecule has 0 bridgehead atoms. The van der Waals surface area contributed by atoms with Gasteiger partial charge in [-0.2, -0.15) is 13.2 Å². The molecule has 0 aromatic heterocycles. The smallest absolute Gasteiger partial charge is 0.342 e. The van der Waals surface area contributed by atoms with Gasteiger partial charge in [0.05, 0.1) is 5.92 Å². The Labute approximate surface area is 117 Å². The summed E-state index contributed by atoms with van der Waals surface area (Å²) < 4.78 is 38.3. The molecule has 0 aromatic rings. The number of nitrogens with two attached hydrogens (primary N) is 1. The highest BCUT2D eigenvalue weighted by atomic mass is 19.4. The Kier molecular flexibility index (Phi) is 4.62. The second-order valence-electron chi connectivity index (χ2n) is 6.32. The molecule has 4 atom stereocenters. The van der Waals surface area contributed by atoms with Crippen molar-refractivity contribution in [3.05, 3.63) is 0 Å². The molecule has 1 aliphatic carbocycles. The van der Waals surface area contributed by atoms with Crippen LogP contribution in [0.5, 0.6) is 0 Å². The number of alkyl halides is 3. The molecule has 2 N–H and O–H groups in total. The van der Waals surface area contributed by atoms with Crippen molar-refractivity contribution in [2.45, 2.75) is 51.2 Å². The molecule has 1 amide bonds. The van der Waals surface area contributed by atoms with Crippen LogP contribution in [0.3, 0.4) is 0 Å². The van der Waals surface area contributed by atoms with Crippen molar-refractivity contribution < 1.29 is 18.0 Å². The Bertz CT molecular complexity index is 359. The van der Waals surface area contributed by atoms with Crippen LogP contribution in [-0.2, 0) is 4.79 Å². The summed E-state index contributed by atoms with van der Waals surface area (Å²) >= 11 is 0. The van der Waals surface area contributed by atoms with Crippen LogP contribution in [0.2, 0.25) is 0 Å². The highest BCUT2D eigenvalue weighted by molar-refractivity contribution is 5.79. The van der Waals surface area contributed by atoms with Crippen molar-refractivity contribution in [1.82, 2.24) is 4.90 Å². The summed E-state index contributed by atoms with van der Waals surface area (Å²) in [6.07, 6.45) is -1.39. The van der Waals surface area contributed by atoms with Gasteiger partial charge in [-0.1, -0.05) is 6.92 Å². The van der Waals surface area contributed by atoms with Gasteiger partial charge in [-0.15, -0.1) is 0 Å². The van der Waals surface area contributed by atoms with Gasteiger partial charge in [0.15, 0.2) is 0 Å². The topological polar surface area (TPSA) is 46.3 Å². The molecular formula is C14H23F3N2O. The minimum Gasteiger partial charge on any atom is -0.342 e. The fraction of sp³-hybridized carbons (Fsp3) is 0.929. The molecule has 0 aromatic carbocycles. The van der Waals surface area contributed by atoms with E-state index in [1.54, 1.807) is 0 Å². The normalized spacial score (nSPS) is 36.0. The van der Waals surface area contributed by atoms with Crippen LogP contribution >= 0.6 is 0 Å². The highest BCUT2D eigenvalue weighted by Gasteiger charge is 2.43. The van der Waals surface area contributed by atoms with Gasteiger partial charge >= 0.3 is 6.18 Å². The Morgan fingerprint density at radius 2 is 1.95 bits per heavy atom. The molecule has 1 heterocycles. The largest absolute Gasteiger partial charge is 0.393 e. The van der Waals surface area contributed by atoms with E-state index in [0.29, 0.717) is 25.3 Å². The standard InChI is InChI=1S/C14H23F3N2O/c1-9-4-5-10(7-12(9)18)13(20)19-6-2-3-11(8-19)14(15,16)17/h9-12H,2-8,18H2,1H3. The number of hydrogen-bond acceptors (Lipinski definition) is 2. The minimum atomic E-state index is -4.20. The summed E-state index contributed by atoms with van der Waals surface area (Å²) in [6, 6.07) is -0.0131. The zero-order valence-corrected chi connectivity index (χ0v) is 11.8. The number of hydrogen-bond donors (Lipinski definition) is 1. The molecule has 20 heavy (non-hydrogen) atoms. The molecule has 2 fully saturated rings. The van der Waals surface area contributed by atoms with Gasteiger partial charge in [-0.05, 0) is 38.0 Å². The monoisotopic (exact) mass is 292 g/mol. The van der Waals surface area contributed by atoms with Crippen LogP contribution in [-0.4, -0.2) is 36.1 Å². The summed E-state index contributed by atoms with van der Waals surface area (Å²) in [5.41, 5.74) is 5.98. The molecule has 1 aliphatic heterocycles. The third-order valence-corrected chi connectivity index (χ3v) is 4.80. The molecule has 2 rings (SSSR count). The molecule has 6 heteroatoms. The number of carbonyl (C=O) groups excluding carboxylic acids is 1. The first kappa shape index (κ1) is 15.6. The second kappa shape index (κ2) is 5.92. The maximum absolute atomic E-state index is 12.8. The zero-order chi connectivity index (χ0) is 14.9. The minimum absolute atomic E-state index is 0.0131. The van der Waals surface area contributed by atoms with Gasteiger partial charge in [0, 0.05) is 25.0 Å². The average molecular weight is 292 g/mol. The van der Waals surface area contributed by atoms with Crippen molar-refractivity contribution in [1.29, 1.82) is 0 Å². The van der Waals surface area contributed by atoms with E-state index >= 15 is 0 Å². The van der Waals surface area contributed by atoms with Gasteiger partial charge < -0.3 is 10.6 Å². The third-order valence-electron chi connectivity index (χ3n) is 4.80. The molecule has 4 unspecified atom stereocenters. The molecule has 2 aliphatic rings. The lowest BCUT2D eigenvalue weighted by molar-refractivity contribution is -0.189. The van der Waals surface area contributed by atoms with Crippen molar-refractivity contribution in [3.63, 3.8) is 0 Å². The van der Waals surface area contributed by atoms with E-state index in [0.717, 1.165) is 12.8 Å². The maximum Gasteiger partial charge on any atom is 0.393 e. The highest BCUT2D eigenvalue weighted by Crippen LogP contribution is 2.35. The van der Waals surface area contributed by atoms with Gasteiger partial charge in [0.2, 0.25) is 5.91 Å². The number of piperidine rings is 1. The maximum atomic E-state index is 12.8.